The van der Waals surface area contributed by atoms with Crippen LogP contribution in [0.1, 0.15) is 63.8 Å². The maximum atomic E-state index is 13.6. The van der Waals surface area contributed by atoms with Crippen LogP contribution in [-0.4, -0.2) is 28.8 Å². The minimum atomic E-state index is -0.745. The summed E-state index contributed by atoms with van der Waals surface area (Å²) in [4.78, 5) is 52.5. The normalized spacial score (nSPS) is 14.2. The number of halogens is 1. The van der Waals surface area contributed by atoms with E-state index in [1.54, 1.807) is 19.1 Å². The summed E-state index contributed by atoms with van der Waals surface area (Å²) in [5.74, 6) is -2.03. The Bertz CT molecular complexity index is 1390. The van der Waals surface area contributed by atoms with Gasteiger partial charge in [0.25, 0.3) is 11.5 Å². The molecule has 1 N–H and O–H groups in total. The zero-order valence-electron chi connectivity index (χ0n) is 19.7. The van der Waals surface area contributed by atoms with E-state index in [4.69, 9.17) is 4.74 Å². The van der Waals surface area contributed by atoms with E-state index in [1.165, 1.54) is 47.2 Å². The van der Waals surface area contributed by atoms with Gasteiger partial charge in [-0.2, -0.15) is 0 Å². The number of nitrogens with zero attached hydrogens (tertiary/aromatic N) is 1. The molecule has 180 valence electrons. The highest BCUT2D eigenvalue weighted by molar-refractivity contribution is 6.10. The number of Topliss-reactive ketones (excluding diaryl/α,β-unsaturated/α-hetero) is 1. The van der Waals surface area contributed by atoms with Gasteiger partial charge in [-0.05, 0) is 60.7 Å². The third-order valence-electron chi connectivity index (χ3n) is 5.92. The van der Waals surface area contributed by atoms with Gasteiger partial charge in [-0.25, -0.2) is 9.18 Å². The molecule has 1 aliphatic rings. The molecule has 0 spiro atoms. The number of rotatable bonds is 5. The van der Waals surface area contributed by atoms with Gasteiger partial charge in [0.15, 0.2) is 5.78 Å². The van der Waals surface area contributed by atoms with Gasteiger partial charge < -0.3 is 10.1 Å². The minimum absolute atomic E-state index is 0.141. The van der Waals surface area contributed by atoms with Gasteiger partial charge in [-0.1, -0.05) is 26.0 Å². The molecule has 0 bridgehead atoms. The van der Waals surface area contributed by atoms with Crippen molar-refractivity contribution in [2.45, 2.75) is 33.6 Å². The first-order chi connectivity index (χ1) is 16.6. The standard InChI is InChI=1S/C27H25FN2O5/c1-4-35-26(34)18-7-5-6-8-21(18)29-24(32)23-19-13-27(2,3)14-22(31)20(19)15-30(25(23)33)17-11-9-16(28)10-12-17/h5-12,15H,4,13-14H2,1-3H3,(H,29,32). The van der Waals surface area contributed by atoms with E-state index in [-0.39, 0.29) is 41.2 Å². The number of hydrogen-bond donors (Lipinski definition) is 1. The Morgan fingerprint density at radius 3 is 2.43 bits per heavy atom. The number of hydrogen-bond acceptors (Lipinski definition) is 5. The van der Waals surface area contributed by atoms with E-state index >= 15 is 0 Å². The fraction of sp³-hybridized carbons (Fsp3) is 0.259. The Kier molecular flexibility index (Phi) is 6.39. The number of benzene rings is 2. The number of ether oxygens (including phenoxy) is 1. The van der Waals surface area contributed by atoms with Gasteiger partial charge in [0.2, 0.25) is 0 Å². The molecule has 0 saturated heterocycles. The van der Waals surface area contributed by atoms with E-state index in [0.717, 1.165) is 0 Å². The summed E-state index contributed by atoms with van der Waals surface area (Å²) in [5, 5.41) is 2.66. The number of amides is 1. The van der Waals surface area contributed by atoms with Crippen molar-refractivity contribution in [3.05, 3.63) is 93.2 Å². The molecule has 1 aromatic heterocycles. The SMILES string of the molecule is CCOC(=O)c1ccccc1NC(=O)c1c2c(cn(-c3ccc(F)cc3)c1=O)C(=O)CC(C)(C)C2. The molecule has 0 radical (unpaired) electrons. The van der Waals surface area contributed by atoms with Crippen LogP contribution in [0.4, 0.5) is 10.1 Å². The van der Waals surface area contributed by atoms with Crippen molar-refractivity contribution >= 4 is 23.3 Å². The quantitative estimate of drug-likeness (QED) is 0.545. The molecule has 8 heteroatoms. The number of aromatic nitrogens is 1. The highest BCUT2D eigenvalue weighted by Crippen LogP contribution is 2.36. The highest BCUT2D eigenvalue weighted by atomic mass is 19.1. The molecule has 4 rings (SSSR count). The van der Waals surface area contributed by atoms with Gasteiger partial charge in [-0.15, -0.1) is 0 Å². The smallest absolute Gasteiger partial charge is 0.340 e. The lowest BCUT2D eigenvalue weighted by atomic mass is 9.73. The molecule has 3 aromatic rings. The third kappa shape index (κ3) is 4.77. The molecule has 1 aliphatic carbocycles. The van der Waals surface area contributed by atoms with E-state index in [0.29, 0.717) is 17.7 Å². The van der Waals surface area contributed by atoms with E-state index in [9.17, 15) is 23.6 Å². The van der Waals surface area contributed by atoms with E-state index < -0.39 is 28.7 Å². The Balaban J connectivity index is 1.87. The van der Waals surface area contributed by atoms with Gasteiger partial charge in [0.1, 0.15) is 11.4 Å². The van der Waals surface area contributed by atoms with Gasteiger partial charge in [0, 0.05) is 23.9 Å². The number of nitrogens with one attached hydrogen (secondary N) is 1. The van der Waals surface area contributed by atoms with Crippen LogP contribution in [0.25, 0.3) is 5.69 Å². The Morgan fingerprint density at radius 1 is 1.06 bits per heavy atom. The zero-order valence-corrected chi connectivity index (χ0v) is 19.7. The molecule has 0 fully saturated rings. The first kappa shape index (κ1) is 24.1. The summed E-state index contributed by atoms with van der Waals surface area (Å²) in [7, 11) is 0. The molecule has 0 saturated carbocycles. The second-order valence-corrected chi connectivity index (χ2v) is 9.21. The fourth-order valence-corrected chi connectivity index (χ4v) is 4.34. The lowest BCUT2D eigenvalue weighted by Gasteiger charge is -2.31. The number of pyridine rings is 1. The number of fused-ring (bicyclic) bond motifs is 1. The molecule has 1 heterocycles. The van der Waals surface area contributed by atoms with Crippen molar-refractivity contribution in [2.75, 3.05) is 11.9 Å². The molecule has 1 amide bonds. The van der Waals surface area contributed by atoms with Crippen LogP contribution in [0.3, 0.4) is 0 Å². The molecule has 0 unspecified atom stereocenters. The Labute approximate surface area is 201 Å². The second kappa shape index (κ2) is 9.29. The Morgan fingerprint density at radius 2 is 1.74 bits per heavy atom. The first-order valence-electron chi connectivity index (χ1n) is 11.3. The van der Waals surface area contributed by atoms with Crippen LogP contribution in [-0.2, 0) is 11.2 Å². The van der Waals surface area contributed by atoms with Crippen molar-refractivity contribution in [1.82, 2.24) is 4.57 Å². The largest absolute Gasteiger partial charge is 0.462 e. The molecule has 7 nitrogen and oxygen atoms in total. The predicted molar refractivity (Wildman–Crippen MR) is 129 cm³/mol. The molecule has 0 atom stereocenters. The summed E-state index contributed by atoms with van der Waals surface area (Å²) < 4.78 is 19.7. The number of carbonyl (C=O) groups is 3. The minimum Gasteiger partial charge on any atom is -0.462 e. The Hall–Kier alpha value is -4.07. The van der Waals surface area contributed by atoms with Gasteiger partial charge in [0.05, 0.1) is 17.9 Å². The second-order valence-electron chi connectivity index (χ2n) is 9.21. The molecule has 35 heavy (non-hydrogen) atoms. The van der Waals surface area contributed by atoms with Gasteiger partial charge in [-0.3, -0.25) is 19.0 Å². The topological polar surface area (TPSA) is 94.5 Å². The lowest BCUT2D eigenvalue weighted by Crippen LogP contribution is -2.37. The average Bonchev–Trinajstić information content (AvgIpc) is 2.79. The van der Waals surface area contributed by atoms with E-state index in [2.05, 4.69) is 5.32 Å². The average molecular weight is 477 g/mol. The molecule has 2 aromatic carbocycles. The first-order valence-corrected chi connectivity index (χ1v) is 11.3. The molecule has 0 aliphatic heterocycles. The number of anilines is 1. The van der Waals surface area contributed by atoms with Crippen LogP contribution in [0.5, 0.6) is 0 Å². The maximum absolute atomic E-state index is 13.6. The number of carbonyl (C=O) groups excluding carboxylic acids is 3. The van der Waals surface area contributed by atoms with Gasteiger partial charge >= 0.3 is 5.97 Å². The van der Waals surface area contributed by atoms with Crippen molar-refractivity contribution in [2.24, 2.45) is 5.41 Å². The maximum Gasteiger partial charge on any atom is 0.340 e. The van der Waals surface area contributed by atoms with Crippen molar-refractivity contribution in [1.29, 1.82) is 0 Å². The highest BCUT2D eigenvalue weighted by Gasteiger charge is 2.36. The van der Waals surface area contributed by atoms with Crippen molar-refractivity contribution < 1.29 is 23.5 Å². The number of para-hydroxylation sites is 1. The monoisotopic (exact) mass is 476 g/mol. The van der Waals surface area contributed by atoms with Crippen LogP contribution in [0, 0.1) is 11.2 Å². The number of ketones is 1. The molecular formula is C27H25FN2O5. The summed E-state index contributed by atoms with van der Waals surface area (Å²) in [6, 6.07) is 11.5. The van der Waals surface area contributed by atoms with Crippen LogP contribution < -0.4 is 10.9 Å². The molecular weight excluding hydrogens is 451 g/mol. The van der Waals surface area contributed by atoms with E-state index in [1.807, 2.05) is 13.8 Å². The summed E-state index contributed by atoms with van der Waals surface area (Å²) in [6.07, 6.45) is 2.02. The third-order valence-corrected chi connectivity index (χ3v) is 5.92. The van der Waals surface area contributed by atoms with Crippen LogP contribution in [0.15, 0.2) is 59.5 Å². The van der Waals surface area contributed by atoms with Crippen molar-refractivity contribution in [3.8, 4) is 5.69 Å². The number of esters is 1. The lowest BCUT2D eigenvalue weighted by molar-refractivity contribution is 0.0527. The fourth-order valence-electron chi connectivity index (χ4n) is 4.34. The van der Waals surface area contributed by atoms with Crippen molar-refractivity contribution in [3.63, 3.8) is 0 Å². The summed E-state index contributed by atoms with van der Waals surface area (Å²) in [5.41, 5.74) is -0.00385. The summed E-state index contributed by atoms with van der Waals surface area (Å²) >= 11 is 0. The predicted octanol–water partition coefficient (Wildman–Crippen LogP) is 4.56. The zero-order chi connectivity index (χ0) is 25.3. The summed E-state index contributed by atoms with van der Waals surface area (Å²) in [6.45, 7) is 5.63. The van der Waals surface area contributed by atoms with Crippen LogP contribution in [0.2, 0.25) is 0 Å². The van der Waals surface area contributed by atoms with Crippen LogP contribution >= 0.6 is 0 Å².